The topological polar surface area (TPSA) is 62.5 Å². The number of aromatic nitrogens is 1. The molecule has 0 amide bonds. The molecule has 2 rings (SSSR count). The largest absolute Gasteiger partial charge is 0.359 e. The van der Waals surface area contributed by atoms with Crippen LogP contribution in [0.2, 0.25) is 0 Å². The molecule has 1 aliphatic carbocycles. The molecule has 1 aromatic heterocycles. The highest BCUT2D eigenvalue weighted by molar-refractivity contribution is 14.0. The average molecular weight is 406 g/mol. The first-order chi connectivity index (χ1) is 9.69. The summed E-state index contributed by atoms with van der Waals surface area (Å²) < 4.78 is 5.32. The van der Waals surface area contributed by atoms with E-state index in [4.69, 9.17) is 4.52 Å². The third kappa shape index (κ3) is 5.84. The van der Waals surface area contributed by atoms with E-state index in [1.165, 1.54) is 32.1 Å². The standard InChI is InChI=1S/C15H26N4O.HI/c1-11(2)14-9-13(20-19-14)10-17-15(16-3)18-12-7-5-4-6-8-12;/h9,11-12H,4-8,10H2,1-3H3,(H2,16,17,18);1H. The smallest absolute Gasteiger partial charge is 0.191 e. The van der Waals surface area contributed by atoms with Crippen molar-refractivity contribution in [1.29, 1.82) is 0 Å². The maximum atomic E-state index is 5.32. The minimum Gasteiger partial charge on any atom is -0.359 e. The molecule has 0 bridgehead atoms. The lowest BCUT2D eigenvalue weighted by Crippen LogP contribution is -2.43. The number of guanidine groups is 1. The van der Waals surface area contributed by atoms with Crippen LogP contribution < -0.4 is 10.6 Å². The van der Waals surface area contributed by atoms with Crippen molar-refractivity contribution in [3.8, 4) is 0 Å². The molecule has 0 atom stereocenters. The Morgan fingerprint density at radius 1 is 1.38 bits per heavy atom. The van der Waals surface area contributed by atoms with Gasteiger partial charge in [0.15, 0.2) is 11.7 Å². The summed E-state index contributed by atoms with van der Waals surface area (Å²) in [6.07, 6.45) is 6.46. The SMILES string of the molecule is CN=C(NCc1cc(C(C)C)no1)NC1CCCCC1.I. The zero-order chi connectivity index (χ0) is 14.4. The Bertz CT molecular complexity index is 439. The second kappa shape index (κ2) is 9.27. The maximum Gasteiger partial charge on any atom is 0.191 e. The zero-order valence-electron chi connectivity index (χ0n) is 13.2. The van der Waals surface area contributed by atoms with Crippen molar-refractivity contribution in [2.24, 2.45) is 4.99 Å². The highest BCUT2D eigenvalue weighted by Crippen LogP contribution is 2.17. The van der Waals surface area contributed by atoms with Crippen LogP contribution in [0.15, 0.2) is 15.6 Å². The van der Waals surface area contributed by atoms with E-state index in [0.717, 1.165) is 17.4 Å². The normalized spacial score (nSPS) is 16.7. The summed E-state index contributed by atoms with van der Waals surface area (Å²) in [5, 5.41) is 10.8. The molecule has 1 heterocycles. The number of nitrogens with one attached hydrogen (secondary N) is 2. The van der Waals surface area contributed by atoms with Crippen LogP contribution in [0.4, 0.5) is 0 Å². The zero-order valence-corrected chi connectivity index (χ0v) is 15.5. The monoisotopic (exact) mass is 406 g/mol. The minimum absolute atomic E-state index is 0. The lowest BCUT2D eigenvalue weighted by molar-refractivity contribution is 0.370. The van der Waals surface area contributed by atoms with E-state index in [9.17, 15) is 0 Å². The van der Waals surface area contributed by atoms with Crippen LogP contribution in [-0.4, -0.2) is 24.2 Å². The molecule has 0 aliphatic heterocycles. The second-order valence-electron chi connectivity index (χ2n) is 5.78. The molecular formula is C15H27IN4O. The van der Waals surface area contributed by atoms with E-state index >= 15 is 0 Å². The summed E-state index contributed by atoms with van der Waals surface area (Å²) >= 11 is 0. The molecule has 1 aromatic rings. The Morgan fingerprint density at radius 2 is 2.10 bits per heavy atom. The number of aliphatic imine (C=N–C) groups is 1. The van der Waals surface area contributed by atoms with Gasteiger partial charge in [0, 0.05) is 19.2 Å². The van der Waals surface area contributed by atoms with E-state index in [1.807, 2.05) is 6.07 Å². The molecule has 1 aliphatic rings. The van der Waals surface area contributed by atoms with Crippen molar-refractivity contribution in [2.45, 2.75) is 64.5 Å². The van der Waals surface area contributed by atoms with Gasteiger partial charge in [0.2, 0.25) is 0 Å². The fraction of sp³-hybridized carbons (Fsp3) is 0.733. The fourth-order valence-electron chi connectivity index (χ4n) is 2.49. The average Bonchev–Trinajstić information content (AvgIpc) is 2.93. The molecule has 0 spiro atoms. The summed E-state index contributed by atoms with van der Waals surface area (Å²) in [4.78, 5) is 4.27. The van der Waals surface area contributed by atoms with Crippen LogP contribution >= 0.6 is 24.0 Å². The van der Waals surface area contributed by atoms with Gasteiger partial charge in [-0.3, -0.25) is 4.99 Å². The third-order valence-corrected chi connectivity index (χ3v) is 3.77. The van der Waals surface area contributed by atoms with Crippen LogP contribution in [0.3, 0.4) is 0 Å². The van der Waals surface area contributed by atoms with Crippen LogP contribution in [0.5, 0.6) is 0 Å². The number of hydrogen-bond acceptors (Lipinski definition) is 3. The highest BCUT2D eigenvalue weighted by atomic mass is 127. The Morgan fingerprint density at radius 3 is 2.67 bits per heavy atom. The molecular weight excluding hydrogens is 379 g/mol. The molecule has 1 saturated carbocycles. The predicted molar refractivity (Wildman–Crippen MR) is 96.2 cm³/mol. The van der Waals surface area contributed by atoms with Crippen molar-refractivity contribution < 1.29 is 4.52 Å². The Balaban J connectivity index is 0.00000220. The van der Waals surface area contributed by atoms with Crippen LogP contribution in [-0.2, 0) is 6.54 Å². The van der Waals surface area contributed by atoms with Gasteiger partial charge in [-0.25, -0.2) is 0 Å². The van der Waals surface area contributed by atoms with Crippen LogP contribution in [0, 0.1) is 0 Å². The van der Waals surface area contributed by atoms with Crippen molar-refractivity contribution in [3.63, 3.8) is 0 Å². The summed E-state index contributed by atoms with van der Waals surface area (Å²) in [7, 11) is 1.80. The van der Waals surface area contributed by atoms with Gasteiger partial charge in [-0.1, -0.05) is 38.3 Å². The molecule has 6 heteroatoms. The van der Waals surface area contributed by atoms with Gasteiger partial charge in [0.1, 0.15) is 0 Å². The highest BCUT2D eigenvalue weighted by Gasteiger charge is 2.15. The quantitative estimate of drug-likeness (QED) is 0.457. The van der Waals surface area contributed by atoms with Gasteiger partial charge < -0.3 is 15.2 Å². The molecule has 21 heavy (non-hydrogen) atoms. The van der Waals surface area contributed by atoms with Crippen molar-refractivity contribution in [2.75, 3.05) is 7.05 Å². The molecule has 5 nitrogen and oxygen atoms in total. The summed E-state index contributed by atoms with van der Waals surface area (Å²) in [6.45, 7) is 4.84. The Labute approximate surface area is 144 Å². The van der Waals surface area contributed by atoms with E-state index in [1.54, 1.807) is 7.05 Å². The number of halogens is 1. The lowest BCUT2D eigenvalue weighted by Gasteiger charge is -2.24. The van der Waals surface area contributed by atoms with Gasteiger partial charge in [-0.15, -0.1) is 24.0 Å². The minimum atomic E-state index is 0. The van der Waals surface area contributed by atoms with E-state index < -0.39 is 0 Å². The van der Waals surface area contributed by atoms with Gasteiger partial charge in [-0.05, 0) is 18.8 Å². The van der Waals surface area contributed by atoms with Gasteiger partial charge in [-0.2, -0.15) is 0 Å². The van der Waals surface area contributed by atoms with E-state index in [0.29, 0.717) is 18.5 Å². The fourth-order valence-corrected chi connectivity index (χ4v) is 2.49. The van der Waals surface area contributed by atoms with Crippen molar-refractivity contribution >= 4 is 29.9 Å². The van der Waals surface area contributed by atoms with Gasteiger partial charge >= 0.3 is 0 Å². The number of rotatable bonds is 4. The molecule has 0 aromatic carbocycles. The molecule has 1 fully saturated rings. The van der Waals surface area contributed by atoms with E-state index in [-0.39, 0.29) is 24.0 Å². The Kier molecular flexibility index (Phi) is 8.06. The summed E-state index contributed by atoms with van der Waals surface area (Å²) in [5.74, 6) is 2.09. The third-order valence-electron chi connectivity index (χ3n) is 3.77. The molecule has 120 valence electrons. The summed E-state index contributed by atoms with van der Waals surface area (Å²) in [5.41, 5.74) is 0.997. The first-order valence-electron chi connectivity index (χ1n) is 7.61. The van der Waals surface area contributed by atoms with Gasteiger partial charge in [0.25, 0.3) is 0 Å². The van der Waals surface area contributed by atoms with Crippen molar-refractivity contribution in [3.05, 3.63) is 17.5 Å². The summed E-state index contributed by atoms with van der Waals surface area (Å²) in [6, 6.07) is 2.56. The van der Waals surface area contributed by atoms with Crippen molar-refractivity contribution in [1.82, 2.24) is 15.8 Å². The van der Waals surface area contributed by atoms with Crippen LogP contribution in [0.1, 0.15) is 63.3 Å². The predicted octanol–water partition coefficient (Wildman–Crippen LogP) is 3.41. The van der Waals surface area contributed by atoms with E-state index in [2.05, 4.69) is 34.6 Å². The van der Waals surface area contributed by atoms with Gasteiger partial charge in [0.05, 0.1) is 12.2 Å². The number of nitrogens with zero attached hydrogens (tertiary/aromatic N) is 2. The molecule has 0 unspecified atom stereocenters. The molecule has 0 saturated heterocycles. The molecule has 0 radical (unpaired) electrons. The second-order valence-corrected chi connectivity index (χ2v) is 5.78. The first-order valence-corrected chi connectivity index (χ1v) is 7.61. The maximum absolute atomic E-state index is 5.32. The molecule has 2 N–H and O–H groups in total. The first kappa shape index (κ1) is 18.3. The number of hydrogen-bond donors (Lipinski definition) is 2. The van der Waals surface area contributed by atoms with Crippen LogP contribution in [0.25, 0.3) is 0 Å². The Hall–Kier alpha value is -0.790. The lowest BCUT2D eigenvalue weighted by atomic mass is 9.96.